The quantitative estimate of drug-likeness (QED) is 0.163. The van der Waals surface area contributed by atoms with Gasteiger partial charge >= 0.3 is 0 Å². The first-order chi connectivity index (χ1) is 28.5. The summed E-state index contributed by atoms with van der Waals surface area (Å²) >= 11 is 0. The highest BCUT2D eigenvalue weighted by atomic mass is 16.3. The minimum absolute atomic E-state index is 0.319. The third kappa shape index (κ3) is 5.41. The predicted molar refractivity (Wildman–Crippen MR) is 241 cm³/mol. The van der Waals surface area contributed by atoms with Crippen LogP contribution in [0.15, 0.2) is 205 Å². The van der Waals surface area contributed by atoms with E-state index < -0.39 is 0 Å². The van der Waals surface area contributed by atoms with Gasteiger partial charge < -0.3 is 14.2 Å². The highest BCUT2D eigenvalue weighted by Gasteiger charge is 2.40. The van der Waals surface area contributed by atoms with Crippen molar-refractivity contribution in [3.63, 3.8) is 0 Å². The molecule has 1 aliphatic carbocycles. The number of oxazole rings is 1. The Labute approximate surface area is 337 Å². The van der Waals surface area contributed by atoms with Gasteiger partial charge in [0.15, 0.2) is 5.58 Å². The first kappa shape index (κ1) is 33.9. The third-order valence-corrected chi connectivity index (χ3v) is 11.8. The molecule has 0 amide bonds. The Morgan fingerprint density at radius 3 is 1.64 bits per heavy atom. The lowest BCUT2D eigenvalue weighted by Gasteiger charge is -2.31. The molecule has 0 atom stereocenters. The van der Waals surface area contributed by atoms with Crippen LogP contribution in [0.25, 0.3) is 55.2 Å². The summed E-state index contributed by atoms with van der Waals surface area (Å²) in [5.74, 6) is 0.619. The van der Waals surface area contributed by atoms with Gasteiger partial charge in [-0.15, -0.1) is 0 Å². The Bertz CT molecular complexity index is 3100. The lowest BCUT2D eigenvalue weighted by molar-refractivity contribution is 0.623. The Morgan fingerprint density at radius 2 is 1.00 bits per heavy atom. The molecule has 11 rings (SSSR count). The van der Waals surface area contributed by atoms with Crippen molar-refractivity contribution in [2.24, 2.45) is 0 Å². The van der Waals surface area contributed by atoms with E-state index in [4.69, 9.17) is 9.40 Å². The lowest BCUT2D eigenvalue weighted by atomic mass is 9.79. The Morgan fingerprint density at radius 1 is 0.466 bits per heavy atom. The summed E-state index contributed by atoms with van der Waals surface area (Å²) in [6.45, 7) is 4.75. The number of hydrogen-bond donors (Lipinski definition) is 0. The van der Waals surface area contributed by atoms with E-state index >= 15 is 0 Å². The van der Waals surface area contributed by atoms with Gasteiger partial charge in [-0.3, -0.25) is 0 Å². The molecule has 0 radical (unpaired) electrons. The molecule has 0 aliphatic heterocycles. The van der Waals surface area contributed by atoms with Gasteiger partial charge in [-0.05, 0) is 124 Å². The maximum Gasteiger partial charge on any atom is 0.227 e. The minimum Gasteiger partial charge on any atom is -0.435 e. The molecule has 0 bridgehead atoms. The molecule has 0 saturated carbocycles. The molecule has 0 N–H and O–H groups in total. The Hall–Kier alpha value is -7.43. The van der Waals surface area contributed by atoms with Crippen LogP contribution in [-0.2, 0) is 5.41 Å². The third-order valence-electron chi connectivity index (χ3n) is 11.8. The molecular formula is C54H39N3O. The van der Waals surface area contributed by atoms with Gasteiger partial charge in [0.2, 0.25) is 5.89 Å². The summed E-state index contributed by atoms with van der Waals surface area (Å²) in [6, 6.07) is 71.3. The highest BCUT2D eigenvalue weighted by molar-refractivity contribution is 6.14. The van der Waals surface area contributed by atoms with Gasteiger partial charge in [0.1, 0.15) is 5.52 Å². The second kappa shape index (κ2) is 13.4. The van der Waals surface area contributed by atoms with Crippen molar-refractivity contribution in [3.05, 3.63) is 211 Å². The normalized spacial score (nSPS) is 12.8. The first-order valence-electron chi connectivity index (χ1n) is 19.9. The van der Waals surface area contributed by atoms with E-state index in [-0.39, 0.29) is 5.41 Å². The largest absolute Gasteiger partial charge is 0.435 e. The van der Waals surface area contributed by atoms with Crippen LogP contribution in [0, 0.1) is 0 Å². The predicted octanol–water partition coefficient (Wildman–Crippen LogP) is 15.0. The van der Waals surface area contributed by atoms with Gasteiger partial charge in [-0.1, -0.05) is 123 Å². The van der Waals surface area contributed by atoms with Crippen molar-refractivity contribution in [1.82, 2.24) is 4.98 Å². The zero-order chi connectivity index (χ0) is 38.8. The summed E-state index contributed by atoms with van der Waals surface area (Å²) < 4.78 is 6.79. The fourth-order valence-electron chi connectivity index (χ4n) is 9.12. The molecule has 4 heteroatoms. The van der Waals surface area contributed by atoms with Crippen LogP contribution in [0.1, 0.15) is 25.0 Å². The summed E-state index contributed by atoms with van der Waals surface area (Å²) in [6.07, 6.45) is 0. The van der Waals surface area contributed by atoms with Crippen molar-refractivity contribution in [3.8, 4) is 22.6 Å². The second-order valence-electron chi connectivity index (χ2n) is 15.6. The number of hydrogen-bond acceptors (Lipinski definition) is 4. The van der Waals surface area contributed by atoms with E-state index in [2.05, 4.69) is 206 Å². The molecule has 58 heavy (non-hydrogen) atoms. The van der Waals surface area contributed by atoms with Gasteiger partial charge in [0, 0.05) is 50.4 Å². The van der Waals surface area contributed by atoms with Crippen molar-refractivity contribution in [1.29, 1.82) is 0 Å². The van der Waals surface area contributed by atoms with Crippen LogP contribution in [0.2, 0.25) is 0 Å². The maximum atomic E-state index is 6.79. The second-order valence-corrected chi connectivity index (χ2v) is 15.6. The zero-order valence-corrected chi connectivity index (χ0v) is 32.3. The Kier molecular flexibility index (Phi) is 7.80. The number of aromatic nitrogens is 1. The topological polar surface area (TPSA) is 32.5 Å². The van der Waals surface area contributed by atoms with Crippen LogP contribution in [0.4, 0.5) is 34.1 Å². The molecule has 0 unspecified atom stereocenters. The average Bonchev–Trinajstić information content (AvgIpc) is 3.82. The van der Waals surface area contributed by atoms with Gasteiger partial charge in [-0.2, -0.15) is 0 Å². The number of rotatable bonds is 7. The fraction of sp³-hybridized carbons (Fsp3) is 0.0556. The summed E-state index contributed by atoms with van der Waals surface area (Å²) in [4.78, 5) is 9.79. The monoisotopic (exact) mass is 745 g/mol. The molecule has 9 aromatic carbocycles. The number of para-hydroxylation sites is 3. The van der Waals surface area contributed by atoms with Crippen molar-refractivity contribution in [2.45, 2.75) is 19.3 Å². The van der Waals surface area contributed by atoms with Crippen LogP contribution in [0.5, 0.6) is 0 Å². The highest BCUT2D eigenvalue weighted by Crippen LogP contribution is 2.58. The number of anilines is 6. The fourth-order valence-corrected chi connectivity index (χ4v) is 9.12. The molecular weight excluding hydrogens is 707 g/mol. The first-order valence-corrected chi connectivity index (χ1v) is 19.9. The molecule has 276 valence electrons. The maximum absolute atomic E-state index is 6.79. The van der Waals surface area contributed by atoms with E-state index in [1.54, 1.807) is 0 Å². The van der Waals surface area contributed by atoms with Crippen molar-refractivity contribution < 1.29 is 4.42 Å². The van der Waals surface area contributed by atoms with Gasteiger partial charge in [0.25, 0.3) is 0 Å². The van der Waals surface area contributed by atoms with E-state index in [1.165, 1.54) is 38.4 Å². The van der Waals surface area contributed by atoms with Gasteiger partial charge in [-0.25, -0.2) is 4.98 Å². The molecule has 0 fully saturated rings. The standard InChI is InChI=1S/C54H39N3O/c1-54(2)47-33-38-21-16-15-20-37(38)32-46(47)50-49(35-45-44(51(50)54)30-31-48-52(45)58-53(55-48)36-18-7-3-8-19-36)57(41-26-13-6-14-27-41)43-29-17-28-42(34-43)56(39-22-9-4-10-23-39)40-24-11-5-12-25-40/h3-35H,1-2H3. The molecule has 1 heterocycles. The van der Waals surface area contributed by atoms with Crippen LogP contribution >= 0.6 is 0 Å². The summed E-state index contributed by atoms with van der Waals surface area (Å²) in [5.41, 5.74) is 13.8. The Balaban J connectivity index is 1.22. The zero-order valence-electron chi connectivity index (χ0n) is 32.3. The molecule has 1 aromatic heterocycles. The SMILES string of the molecule is CC1(C)c2cc3ccccc3cc2-c2c(N(c3ccccc3)c3cccc(N(c4ccccc4)c4ccccc4)c3)cc3c(ccc4nc(-c5ccccc5)oc43)c21. The number of benzene rings is 9. The van der Waals surface area contributed by atoms with Crippen LogP contribution in [0.3, 0.4) is 0 Å². The van der Waals surface area contributed by atoms with E-state index in [0.717, 1.165) is 56.2 Å². The average molecular weight is 746 g/mol. The molecule has 0 spiro atoms. The van der Waals surface area contributed by atoms with E-state index in [1.807, 2.05) is 18.2 Å². The number of nitrogens with zero attached hydrogens (tertiary/aromatic N) is 3. The van der Waals surface area contributed by atoms with Crippen LogP contribution < -0.4 is 9.80 Å². The van der Waals surface area contributed by atoms with Crippen LogP contribution in [-0.4, -0.2) is 4.98 Å². The molecule has 0 saturated heterocycles. The summed E-state index contributed by atoms with van der Waals surface area (Å²) in [7, 11) is 0. The van der Waals surface area contributed by atoms with Gasteiger partial charge in [0.05, 0.1) is 5.69 Å². The lowest BCUT2D eigenvalue weighted by Crippen LogP contribution is -2.17. The van der Waals surface area contributed by atoms with E-state index in [9.17, 15) is 0 Å². The van der Waals surface area contributed by atoms with Crippen molar-refractivity contribution in [2.75, 3.05) is 9.80 Å². The van der Waals surface area contributed by atoms with Crippen molar-refractivity contribution >= 4 is 66.8 Å². The van der Waals surface area contributed by atoms with E-state index in [0.29, 0.717) is 5.89 Å². The smallest absolute Gasteiger partial charge is 0.227 e. The molecule has 1 aliphatic rings. The molecule has 10 aromatic rings. The minimum atomic E-state index is -0.319. The number of fused-ring (bicyclic) bond motifs is 8. The summed E-state index contributed by atoms with van der Waals surface area (Å²) in [5, 5.41) is 4.68. The molecule has 4 nitrogen and oxygen atoms in total.